The number of hydrogen-bond donors (Lipinski definition) is 0. The Morgan fingerprint density at radius 1 is 0.969 bits per heavy atom. The Balaban J connectivity index is 1.31. The summed E-state index contributed by atoms with van der Waals surface area (Å²) < 4.78 is 58.7. The van der Waals surface area contributed by atoms with Gasteiger partial charge in [0.05, 0.1) is 10.8 Å². The van der Waals surface area contributed by atoms with Crippen molar-refractivity contribution >= 4 is 21.8 Å². The van der Waals surface area contributed by atoms with Crippen LogP contribution in [0.3, 0.4) is 0 Å². The topological polar surface area (TPSA) is 80.8 Å². The van der Waals surface area contributed by atoms with Crippen LogP contribution >= 0.6 is 0 Å². The van der Waals surface area contributed by atoms with Gasteiger partial charge in [-0.3, -0.25) is 9.59 Å². The van der Waals surface area contributed by atoms with Gasteiger partial charge in [-0.15, -0.1) is 0 Å². The molecule has 0 spiro atoms. The van der Waals surface area contributed by atoms with E-state index in [2.05, 4.69) is 0 Å². The highest BCUT2D eigenvalue weighted by Gasteiger charge is 2.33. The number of carbonyl (C=O) groups is 2. The van der Waals surface area contributed by atoms with Gasteiger partial charge < -0.3 is 4.74 Å². The van der Waals surface area contributed by atoms with Gasteiger partial charge in [0.1, 0.15) is 0 Å². The maximum absolute atomic E-state index is 13.3. The van der Waals surface area contributed by atoms with E-state index in [1.54, 1.807) is 12.1 Å². The van der Waals surface area contributed by atoms with Crippen LogP contribution in [0.2, 0.25) is 0 Å². The second kappa shape index (κ2) is 9.07. The van der Waals surface area contributed by atoms with Gasteiger partial charge in [-0.1, -0.05) is 6.07 Å². The molecule has 1 saturated heterocycles. The maximum atomic E-state index is 13.3. The summed E-state index contributed by atoms with van der Waals surface area (Å²) in [6, 6.07) is 7.99. The summed E-state index contributed by atoms with van der Waals surface area (Å²) in [5.74, 6) is -4.00. The molecule has 2 aromatic rings. The van der Waals surface area contributed by atoms with E-state index in [4.69, 9.17) is 4.74 Å². The molecule has 32 heavy (non-hydrogen) atoms. The van der Waals surface area contributed by atoms with Crippen LogP contribution in [0.4, 0.5) is 8.78 Å². The number of sulfonamides is 1. The second-order valence-electron chi connectivity index (χ2n) is 8.12. The minimum Gasteiger partial charge on any atom is -0.457 e. The monoisotopic (exact) mass is 463 g/mol. The Kier molecular flexibility index (Phi) is 6.39. The molecule has 0 aromatic heterocycles. The van der Waals surface area contributed by atoms with E-state index in [1.807, 2.05) is 6.07 Å². The number of hydrogen-bond acceptors (Lipinski definition) is 5. The molecule has 6 nitrogen and oxygen atoms in total. The number of aryl methyl sites for hydroxylation is 2. The fraction of sp³-hybridized carbons (Fsp3) is 0.391. The highest BCUT2D eigenvalue weighted by molar-refractivity contribution is 7.89. The van der Waals surface area contributed by atoms with Crippen LogP contribution in [0, 0.1) is 17.6 Å². The lowest BCUT2D eigenvalue weighted by atomic mass is 9.98. The van der Waals surface area contributed by atoms with Crippen LogP contribution in [0.25, 0.3) is 0 Å². The third-order valence-electron chi connectivity index (χ3n) is 6.08. The van der Waals surface area contributed by atoms with Gasteiger partial charge in [0.2, 0.25) is 10.0 Å². The predicted molar refractivity (Wildman–Crippen MR) is 112 cm³/mol. The molecule has 1 aliphatic carbocycles. The van der Waals surface area contributed by atoms with Crippen molar-refractivity contribution in [3.63, 3.8) is 0 Å². The second-order valence-corrected chi connectivity index (χ2v) is 10.1. The Morgan fingerprint density at radius 3 is 2.41 bits per heavy atom. The smallest absolute Gasteiger partial charge is 0.309 e. The first-order valence-corrected chi connectivity index (χ1v) is 12.0. The summed E-state index contributed by atoms with van der Waals surface area (Å²) in [6.07, 6.45) is 3.45. The molecular weight excluding hydrogens is 440 g/mol. The molecule has 1 fully saturated rings. The summed E-state index contributed by atoms with van der Waals surface area (Å²) in [7, 11) is -3.64. The largest absolute Gasteiger partial charge is 0.457 e. The first-order valence-electron chi connectivity index (χ1n) is 10.5. The molecule has 4 rings (SSSR count). The molecule has 2 aliphatic rings. The SMILES string of the molecule is O=C(COC(=O)C1CCN(S(=O)(=O)c2ccc3c(c2)CCC3)CC1)c1ccc(F)c(F)c1. The first-order chi connectivity index (χ1) is 15.3. The van der Waals surface area contributed by atoms with Crippen molar-refractivity contribution in [2.75, 3.05) is 19.7 Å². The van der Waals surface area contributed by atoms with Crippen LogP contribution in [0.5, 0.6) is 0 Å². The van der Waals surface area contributed by atoms with Gasteiger partial charge >= 0.3 is 5.97 Å². The number of ether oxygens (including phenoxy) is 1. The molecule has 0 radical (unpaired) electrons. The Bertz CT molecular complexity index is 1160. The quantitative estimate of drug-likeness (QED) is 0.485. The number of piperidine rings is 1. The Morgan fingerprint density at radius 2 is 1.69 bits per heavy atom. The summed E-state index contributed by atoms with van der Waals surface area (Å²) in [5.41, 5.74) is 2.19. The molecule has 0 saturated carbocycles. The number of carbonyl (C=O) groups excluding carboxylic acids is 2. The molecule has 0 N–H and O–H groups in total. The standard InChI is InChI=1S/C23H23F2NO5S/c24-20-7-5-18(13-21(20)25)22(27)14-31-23(28)16-8-10-26(11-9-16)32(29,30)19-6-4-15-2-1-3-17(15)12-19/h4-7,12-13,16H,1-3,8-11,14H2. The van der Waals surface area contributed by atoms with Crippen LogP contribution in [-0.2, 0) is 32.4 Å². The van der Waals surface area contributed by atoms with E-state index in [-0.39, 0.29) is 36.4 Å². The zero-order valence-electron chi connectivity index (χ0n) is 17.4. The molecule has 0 amide bonds. The predicted octanol–water partition coefficient (Wildman–Crippen LogP) is 3.28. The highest BCUT2D eigenvalue weighted by atomic mass is 32.2. The molecule has 0 unspecified atom stereocenters. The molecule has 0 bridgehead atoms. The van der Waals surface area contributed by atoms with Crippen LogP contribution in [0.1, 0.15) is 40.7 Å². The lowest BCUT2D eigenvalue weighted by Gasteiger charge is -2.30. The van der Waals surface area contributed by atoms with E-state index in [1.165, 1.54) is 9.87 Å². The lowest BCUT2D eigenvalue weighted by molar-refractivity contribution is -0.148. The van der Waals surface area contributed by atoms with E-state index in [0.717, 1.165) is 43.0 Å². The third-order valence-corrected chi connectivity index (χ3v) is 7.98. The normalized spacial score (nSPS) is 17.2. The number of rotatable bonds is 6. The average Bonchev–Trinajstić information content (AvgIpc) is 3.27. The van der Waals surface area contributed by atoms with Gasteiger partial charge in [-0.25, -0.2) is 17.2 Å². The van der Waals surface area contributed by atoms with Crippen LogP contribution < -0.4 is 0 Å². The summed E-state index contributed by atoms with van der Waals surface area (Å²) in [4.78, 5) is 24.7. The Hall–Kier alpha value is -2.65. The van der Waals surface area contributed by atoms with Crippen molar-refractivity contribution in [3.8, 4) is 0 Å². The maximum Gasteiger partial charge on any atom is 0.309 e. The summed E-state index contributed by atoms with van der Waals surface area (Å²) in [5, 5.41) is 0. The highest BCUT2D eigenvalue weighted by Crippen LogP contribution is 2.29. The molecule has 1 aliphatic heterocycles. The fourth-order valence-corrected chi connectivity index (χ4v) is 5.72. The van der Waals surface area contributed by atoms with Crippen molar-refractivity contribution in [1.29, 1.82) is 0 Å². The zero-order valence-corrected chi connectivity index (χ0v) is 18.2. The van der Waals surface area contributed by atoms with Gasteiger partial charge in [-0.05, 0) is 73.6 Å². The van der Waals surface area contributed by atoms with E-state index in [9.17, 15) is 26.8 Å². The van der Waals surface area contributed by atoms with Gasteiger partial charge in [0, 0.05) is 18.7 Å². The molecule has 2 aromatic carbocycles. The number of fused-ring (bicyclic) bond motifs is 1. The molecule has 170 valence electrons. The lowest BCUT2D eigenvalue weighted by Crippen LogP contribution is -2.40. The van der Waals surface area contributed by atoms with Gasteiger partial charge in [0.15, 0.2) is 24.0 Å². The van der Waals surface area contributed by atoms with Gasteiger partial charge in [-0.2, -0.15) is 4.31 Å². The fourth-order valence-electron chi connectivity index (χ4n) is 4.20. The number of Topliss-reactive ketones (excluding diaryl/α,β-unsaturated/α-hetero) is 1. The molecular formula is C23H23F2NO5S. The van der Waals surface area contributed by atoms with E-state index in [0.29, 0.717) is 0 Å². The molecule has 0 atom stereocenters. The van der Waals surface area contributed by atoms with Crippen molar-refractivity contribution in [2.45, 2.75) is 37.0 Å². The van der Waals surface area contributed by atoms with Crippen molar-refractivity contribution in [1.82, 2.24) is 4.31 Å². The minimum absolute atomic E-state index is 0.0908. The average molecular weight is 464 g/mol. The third kappa shape index (κ3) is 4.59. The van der Waals surface area contributed by atoms with Gasteiger partial charge in [0.25, 0.3) is 0 Å². The summed E-state index contributed by atoms with van der Waals surface area (Å²) >= 11 is 0. The van der Waals surface area contributed by atoms with Crippen LogP contribution in [-0.4, -0.2) is 44.2 Å². The number of esters is 1. The number of halogens is 2. The summed E-state index contributed by atoms with van der Waals surface area (Å²) in [6.45, 7) is -0.232. The zero-order chi connectivity index (χ0) is 22.9. The number of ketones is 1. The van der Waals surface area contributed by atoms with Crippen LogP contribution in [0.15, 0.2) is 41.3 Å². The molecule has 9 heteroatoms. The van der Waals surface area contributed by atoms with E-state index < -0.39 is 45.9 Å². The van der Waals surface area contributed by atoms with Crippen molar-refractivity contribution in [3.05, 3.63) is 64.7 Å². The Labute approximate surface area is 185 Å². The van der Waals surface area contributed by atoms with Crippen molar-refractivity contribution in [2.24, 2.45) is 5.92 Å². The first kappa shape index (κ1) is 22.5. The van der Waals surface area contributed by atoms with Crippen molar-refractivity contribution < 1.29 is 31.5 Å². The van der Waals surface area contributed by atoms with E-state index >= 15 is 0 Å². The molecule has 1 heterocycles. The minimum atomic E-state index is -3.64. The number of benzene rings is 2. The number of nitrogens with zero attached hydrogens (tertiary/aromatic N) is 1.